The zero-order valence-electron chi connectivity index (χ0n) is 16.3. The van der Waals surface area contributed by atoms with Crippen molar-refractivity contribution in [2.75, 3.05) is 6.61 Å². The first-order valence-corrected chi connectivity index (χ1v) is 10.2. The number of carbonyl (C=O) groups is 3. The number of esters is 3. The fourth-order valence-electron chi connectivity index (χ4n) is 2.16. The third kappa shape index (κ3) is 9.52. The monoisotopic (exact) mass is 477 g/mol. The Hall–Kier alpha value is -1.65. The summed E-state index contributed by atoms with van der Waals surface area (Å²) in [6, 6.07) is 1.83. The number of hydrogen-bond donors (Lipinski definition) is 0. The van der Waals surface area contributed by atoms with Gasteiger partial charge in [0.1, 0.15) is 18.1 Å². The SMILES string of the molecule is CC(=O)OCC(C)O[C@H](Sc1cncc(Br)c1)C(OC(C)=O)[C@H](C)OC(C)=O. The highest BCUT2D eigenvalue weighted by molar-refractivity contribution is 9.10. The minimum atomic E-state index is -0.898. The maximum absolute atomic E-state index is 11.6. The van der Waals surface area contributed by atoms with E-state index < -0.39 is 41.7 Å². The van der Waals surface area contributed by atoms with Gasteiger partial charge in [-0.3, -0.25) is 19.4 Å². The molecule has 0 aliphatic heterocycles. The van der Waals surface area contributed by atoms with Gasteiger partial charge in [-0.2, -0.15) is 0 Å². The summed E-state index contributed by atoms with van der Waals surface area (Å²) in [5.74, 6) is -1.48. The predicted octanol–water partition coefficient (Wildman–Crippen LogP) is 3.11. The maximum Gasteiger partial charge on any atom is 0.303 e. The summed E-state index contributed by atoms with van der Waals surface area (Å²) in [5.41, 5.74) is -0.750. The van der Waals surface area contributed by atoms with E-state index in [0.29, 0.717) is 0 Å². The molecule has 156 valence electrons. The van der Waals surface area contributed by atoms with Crippen molar-refractivity contribution in [3.05, 3.63) is 22.9 Å². The normalized spacial score (nSPS) is 15.1. The first-order chi connectivity index (χ1) is 13.1. The minimum Gasteiger partial charge on any atom is -0.463 e. The molecule has 1 heterocycles. The highest BCUT2D eigenvalue weighted by atomic mass is 79.9. The van der Waals surface area contributed by atoms with Crippen LogP contribution in [-0.4, -0.2) is 53.2 Å². The quantitative estimate of drug-likeness (QED) is 0.217. The van der Waals surface area contributed by atoms with Gasteiger partial charge in [-0.25, -0.2) is 0 Å². The number of nitrogens with zero attached hydrogens (tertiary/aromatic N) is 1. The molecule has 0 radical (unpaired) electrons. The van der Waals surface area contributed by atoms with Crippen molar-refractivity contribution in [2.24, 2.45) is 0 Å². The van der Waals surface area contributed by atoms with Crippen LogP contribution in [0, 0.1) is 0 Å². The summed E-state index contributed by atoms with van der Waals surface area (Å²) in [6.45, 7) is 7.19. The van der Waals surface area contributed by atoms with Gasteiger partial charge in [0.05, 0.1) is 6.10 Å². The van der Waals surface area contributed by atoms with E-state index in [4.69, 9.17) is 18.9 Å². The molecule has 1 aromatic heterocycles. The molecule has 1 aromatic rings. The molecule has 10 heteroatoms. The molecular weight excluding hydrogens is 454 g/mol. The summed E-state index contributed by atoms with van der Waals surface area (Å²) >= 11 is 4.60. The van der Waals surface area contributed by atoms with Crippen molar-refractivity contribution in [1.82, 2.24) is 4.98 Å². The zero-order valence-corrected chi connectivity index (χ0v) is 18.7. The van der Waals surface area contributed by atoms with Crippen LogP contribution >= 0.6 is 27.7 Å². The molecule has 0 aliphatic carbocycles. The fourth-order valence-corrected chi connectivity index (χ4v) is 3.92. The number of halogens is 1. The smallest absolute Gasteiger partial charge is 0.303 e. The van der Waals surface area contributed by atoms with E-state index in [-0.39, 0.29) is 6.61 Å². The summed E-state index contributed by atoms with van der Waals surface area (Å²) < 4.78 is 22.3. The average Bonchev–Trinajstić information content (AvgIpc) is 2.56. The van der Waals surface area contributed by atoms with Gasteiger partial charge in [-0.1, -0.05) is 11.8 Å². The number of rotatable bonds is 10. The molecule has 0 spiro atoms. The lowest BCUT2D eigenvalue weighted by Crippen LogP contribution is -2.43. The number of aromatic nitrogens is 1. The molecule has 2 unspecified atom stereocenters. The van der Waals surface area contributed by atoms with Gasteiger partial charge in [0.25, 0.3) is 0 Å². The number of hydrogen-bond acceptors (Lipinski definition) is 9. The Kier molecular flexibility index (Phi) is 10.5. The van der Waals surface area contributed by atoms with Crippen molar-refractivity contribution >= 4 is 45.6 Å². The van der Waals surface area contributed by atoms with Gasteiger partial charge in [-0.05, 0) is 35.8 Å². The van der Waals surface area contributed by atoms with Crippen molar-refractivity contribution in [1.29, 1.82) is 0 Å². The Morgan fingerprint density at radius 3 is 2.25 bits per heavy atom. The van der Waals surface area contributed by atoms with E-state index in [0.717, 1.165) is 9.37 Å². The second-order valence-electron chi connectivity index (χ2n) is 5.96. The van der Waals surface area contributed by atoms with E-state index in [1.54, 1.807) is 26.2 Å². The summed E-state index contributed by atoms with van der Waals surface area (Å²) in [7, 11) is 0. The Morgan fingerprint density at radius 2 is 1.71 bits per heavy atom. The van der Waals surface area contributed by atoms with Crippen LogP contribution in [0.2, 0.25) is 0 Å². The summed E-state index contributed by atoms with van der Waals surface area (Å²) in [4.78, 5) is 38.9. The molecule has 0 aliphatic rings. The van der Waals surface area contributed by atoms with Crippen LogP contribution in [0.25, 0.3) is 0 Å². The van der Waals surface area contributed by atoms with Gasteiger partial charge in [0, 0.05) is 42.5 Å². The van der Waals surface area contributed by atoms with Crippen molar-refractivity contribution in [2.45, 2.75) is 63.3 Å². The van der Waals surface area contributed by atoms with Gasteiger partial charge < -0.3 is 18.9 Å². The van der Waals surface area contributed by atoms with Crippen LogP contribution in [-0.2, 0) is 33.3 Å². The third-order valence-electron chi connectivity index (χ3n) is 3.20. The van der Waals surface area contributed by atoms with E-state index in [1.807, 2.05) is 6.07 Å². The zero-order chi connectivity index (χ0) is 21.3. The highest BCUT2D eigenvalue weighted by Gasteiger charge is 2.35. The van der Waals surface area contributed by atoms with Gasteiger partial charge >= 0.3 is 17.9 Å². The summed E-state index contributed by atoms with van der Waals surface area (Å²) in [5, 5.41) is 0. The van der Waals surface area contributed by atoms with Crippen LogP contribution < -0.4 is 0 Å². The molecule has 0 bridgehead atoms. The number of carbonyl (C=O) groups excluding carboxylic acids is 3. The van der Waals surface area contributed by atoms with Crippen LogP contribution in [0.15, 0.2) is 27.8 Å². The molecule has 4 atom stereocenters. The molecule has 0 saturated carbocycles. The van der Waals surface area contributed by atoms with Gasteiger partial charge in [0.15, 0.2) is 6.10 Å². The molecular formula is C18H24BrNO7S. The Balaban J connectivity index is 3.08. The van der Waals surface area contributed by atoms with Crippen molar-refractivity contribution < 1.29 is 33.3 Å². The molecule has 0 saturated heterocycles. The Morgan fingerprint density at radius 1 is 1.07 bits per heavy atom. The first-order valence-electron chi connectivity index (χ1n) is 8.49. The molecule has 8 nitrogen and oxygen atoms in total. The van der Waals surface area contributed by atoms with Crippen LogP contribution in [0.5, 0.6) is 0 Å². The van der Waals surface area contributed by atoms with Crippen LogP contribution in [0.3, 0.4) is 0 Å². The molecule has 1 rings (SSSR count). The average molecular weight is 478 g/mol. The third-order valence-corrected chi connectivity index (χ3v) is 4.75. The fraction of sp³-hybridized carbons (Fsp3) is 0.556. The Labute approximate surface area is 176 Å². The second-order valence-corrected chi connectivity index (χ2v) is 8.05. The number of pyridine rings is 1. The predicted molar refractivity (Wildman–Crippen MR) is 106 cm³/mol. The molecule has 0 aromatic carbocycles. The topological polar surface area (TPSA) is 101 Å². The number of thioether (sulfide) groups is 1. The van der Waals surface area contributed by atoms with E-state index in [9.17, 15) is 14.4 Å². The molecule has 0 amide bonds. The Bertz CT molecular complexity index is 688. The summed E-state index contributed by atoms with van der Waals surface area (Å²) in [6.07, 6.45) is 1.10. The lowest BCUT2D eigenvalue weighted by Gasteiger charge is -2.32. The van der Waals surface area contributed by atoms with Crippen LogP contribution in [0.1, 0.15) is 34.6 Å². The lowest BCUT2D eigenvalue weighted by atomic mass is 10.2. The standard InChI is InChI=1S/C18H24BrNO7S/c1-10(9-24-12(3)21)25-18(28-16-6-15(19)7-20-8-16)17(27-14(5)23)11(2)26-13(4)22/h6-8,10-11,17-18H,9H2,1-5H3/t10?,11-,17?,18+/m0/s1. The number of ether oxygens (including phenoxy) is 4. The second kappa shape index (κ2) is 12.0. The first kappa shape index (κ1) is 24.4. The van der Waals surface area contributed by atoms with Crippen molar-refractivity contribution in [3.63, 3.8) is 0 Å². The van der Waals surface area contributed by atoms with E-state index in [1.165, 1.54) is 32.5 Å². The molecule has 0 fully saturated rings. The lowest BCUT2D eigenvalue weighted by molar-refractivity contribution is -0.174. The molecule has 0 N–H and O–H groups in total. The van der Waals surface area contributed by atoms with E-state index >= 15 is 0 Å². The minimum absolute atomic E-state index is 0.0257. The van der Waals surface area contributed by atoms with Gasteiger partial charge in [-0.15, -0.1) is 0 Å². The van der Waals surface area contributed by atoms with Crippen molar-refractivity contribution in [3.8, 4) is 0 Å². The van der Waals surface area contributed by atoms with Crippen LogP contribution in [0.4, 0.5) is 0 Å². The largest absolute Gasteiger partial charge is 0.463 e. The van der Waals surface area contributed by atoms with E-state index in [2.05, 4.69) is 20.9 Å². The highest BCUT2D eigenvalue weighted by Crippen LogP contribution is 2.31. The van der Waals surface area contributed by atoms with Gasteiger partial charge in [0.2, 0.25) is 0 Å². The molecule has 28 heavy (non-hydrogen) atoms. The maximum atomic E-state index is 11.6.